The van der Waals surface area contributed by atoms with Gasteiger partial charge in [0.05, 0.1) is 5.52 Å². The average Bonchev–Trinajstić information content (AvgIpc) is 3.32. The van der Waals surface area contributed by atoms with Crippen LogP contribution in [0.2, 0.25) is 0 Å². The number of hydrogen-bond donors (Lipinski definition) is 3. The van der Waals surface area contributed by atoms with Gasteiger partial charge in [-0.1, -0.05) is 94.3 Å². The predicted octanol–water partition coefficient (Wildman–Crippen LogP) is 5.98. The quantitative estimate of drug-likeness (QED) is 0.202. The van der Waals surface area contributed by atoms with Gasteiger partial charge in [-0.15, -0.1) is 0 Å². The second-order valence-electron chi connectivity index (χ2n) is 9.41. The second-order valence-corrected chi connectivity index (χ2v) is 10.3. The maximum atomic E-state index is 13.3. The summed E-state index contributed by atoms with van der Waals surface area (Å²) in [6.07, 6.45) is 0. The van der Waals surface area contributed by atoms with E-state index < -0.39 is 17.7 Å². The number of halogens is 1. The number of hydrogen-bond acceptors (Lipinski definition) is 3. The van der Waals surface area contributed by atoms with Crippen molar-refractivity contribution in [1.29, 1.82) is 0 Å². The summed E-state index contributed by atoms with van der Waals surface area (Å²) in [4.78, 5) is 39.3. The Morgan fingerprint density at radius 1 is 0.775 bits per heavy atom. The van der Waals surface area contributed by atoms with Crippen LogP contribution in [0.25, 0.3) is 10.9 Å². The molecule has 8 heteroatoms. The lowest BCUT2D eigenvalue weighted by Gasteiger charge is -2.19. The van der Waals surface area contributed by atoms with Gasteiger partial charge in [-0.3, -0.25) is 19.8 Å². The number of aryl methyl sites for hydroxylation is 1. The van der Waals surface area contributed by atoms with Crippen LogP contribution in [0.5, 0.6) is 0 Å². The second kappa shape index (κ2) is 12.0. The number of anilines is 1. The number of nitrogens with one attached hydrogen (secondary N) is 3. The molecule has 0 radical (unpaired) electrons. The highest BCUT2D eigenvalue weighted by Gasteiger charge is 2.22. The van der Waals surface area contributed by atoms with Gasteiger partial charge in [0.15, 0.2) is 0 Å². The Balaban J connectivity index is 1.36. The highest BCUT2D eigenvalue weighted by Crippen LogP contribution is 2.25. The molecule has 0 aliphatic heterocycles. The number of amides is 3. The summed E-state index contributed by atoms with van der Waals surface area (Å²) in [6, 6.07) is 34.1. The molecule has 3 N–H and O–H groups in total. The molecule has 7 nitrogen and oxygen atoms in total. The molecule has 0 saturated heterocycles. The van der Waals surface area contributed by atoms with Crippen LogP contribution in [0.1, 0.15) is 33.1 Å². The highest BCUT2D eigenvalue weighted by atomic mass is 79.9. The number of nitrogens with zero attached hydrogens (tertiary/aromatic N) is 1. The molecule has 0 atom stereocenters. The van der Waals surface area contributed by atoms with Gasteiger partial charge in [-0.2, -0.15) is 0 Å². The third-order valence-electron chi connectivity index (χ3n) is 6.60. The van der Waals surface area contributed by atoms with Gasteiger partial charge in [-0.05, 0) is 54.4 Å². The first kappa shape index (κ1) is 26.9. The average molecular weight is 595 g/mol. The van der Waals surface area contributed by atoms with Crippen LogP contribution in [-0.2, 0) is 9.59 Å². The van der Waals surface area contributed by atoms with E-state index in [1.165, 1.54) is 4.68 Å². The van der Waals surface area contributed by atoms with E-state index in [4.69, 9.17) is 0 Å². The molecule has 3 amide bonds. The number of rotatable bonds is 7. The fourth-order valence-corrected chi connectivity index (χ4v) is 4.91. The molecule has 0 spiro atoms. The molecule has 1 aromatic heterocycles. The van der Waals surface area contributed by atoms with E-state index in [-0.39, 0.29) is 18.2 Å². The molecule has 40 heavy (non-hydrogen) atoms. The van der Waals surface area contributed by atoms with Gasteiger partial charge in [0.25, 0.3) is 5.91 Å². The van der Waals surface area contributed by atoms with Crippen molar-refractivity contribution >= 4 is 50.2 Å². The minimum absolute atomic E-state index is 0.139. The third kappa shape index (κ3) is 6.13. The summed E-state index contributed by atoms with van der Waals surface area (Å²) in [5, 5.41) is 6.35. The molecule has 1 heterocycles. The SMILES string of the molecule is Cc1ccc(NC(=O)c2cc3cc(Br)ccc3n2NC(=O)C(=O)NCC(c2ccccc2)c2ccccc2)cc1. The Bertz CT molecular complexity index is 1630. The Labute approximate surface area is 240 Å². The molecule has 0 bridgehead atoms. The van der Waals surface area contributed by atoms with E-state index in [0.717, 1.165) is 26.5 Å². The zero-order chi connectivity index (χ0) is 28.1. The van der Waals surface area contributed by atoms with E-state index in [9.17, 15) is 14.4 Å². The lowest BCUT2D eigenvalue weighted by molar-refractivity contribution is -0.136. The normalized spacial score (nSPS) is 10.9. The summed E-state index contributed by atoms with van der Waals surface area (Å²) in [5.74, 6) is -2.25. The minimum atomic E-state index is -0.885. The molecule has 0 aliphatic carbocycles. The van der Waals surface area contributed by atoms with Crippen LogP contribution < -0.4 is 16.1 Å². The molecule has 0 unspecified atom stereocenters. The monoisotopic (exact) mass is 594 g/mol. The Morgan fingerprint density at radius 2 is 1.40 bits per heavy atom. The molecule has 4 aromatic carbocycles. The van der Waals surface area contributed by atoms with Crippen LogP contribution >= 0.6 is 15.9 Å². The van der Waals surface area contributed by atoms with Crippen molar-refractivity contribution in [3.63, 3.8) is 0 Å². The van der Waals surface area contributed by atoms with Crippen molar-refractivity contribution in [2.45, 2.75) is 12.8 Å². The van der Waals surface area contributed by atoms with Crippen molar-refractivity contribution in [3.8, 4) is 0 Å². The summed E-state index contributed by atoms with van der Waals surface area (Å²) in [7, 11) is 0. The first-order valence-corrected chi connectivity index (χ1v) is 13.6. The smallest absolute Gasteiger partial charge is 0.328 e. The number of benzene rings is 4. The van der Waals surface area contributed by atoms with Gasteiger partial charge in [0.1, 0.15) is 5.69 Å². The van der Waals surface area contributed by atoms with Crippen LogP contribution in [-0.4, -0.2) is 28.9 Å². The molecule has 0 saturated carbocycles. The fraction of sp³-hybridized carbons (Fsp3) is 0.0938. The van der Waals surface area contributed by atoms with E-state index in [1.807, 2.05) is 85.8 Å². The Hall–Kier alpha value is -4.69. The van der Waals surface area contributed by atoms with Crippen LogP contribution in [0.15, 0.2) is 114 Å². The number of carbonyl (C=O) groups excluding carboxylic acids is 3. The lowest BCUT2D eigenvalue weighted by Crippen LogP contribution is -2.41. The van der Waals surface area contributed by atoms with Crippen molar-refractivity contribution in [2.24, 2.45) is 0 Å². The van der Waals surface area contributed by atoms with E-state index >= 15 is 0 Å². The predicted molar refractivity (Wildman–Crippen MR) is 161 cm³/mol. The van der Waals surface area contributed by atoms with E-state index in [0.29, 0.717) is 11.2 Å². The van der Waals surface area contributed by atoms with Crippen LogP contribution in [0.4, 0.5) is 5.69 Å². The largest absolute Gasteiger partial charge is 0.347 e. The Morgan fingerprint density at radius 3 is 2.02 bits per heavy atom. The minimum Gasteiger partial charge on any atom is -0.347 e. The first-order chi connectivity index (χ1) is 19.4. The van der Waals surface area contributed by atoms with Crippen molar-refractivity contribution in [1.82, 2.24) is 9.99 Å². The molecular formula is C32H27BrN4O3. The van der Waals surface area contributed by atoms with Gasteiger partial charge in [0.2, 0.25) is 0 Å². The first-order valence-electron chi connectivity index (χ1n) is 12.8. The zero-order valence-corrected chi connectivity index (χ0v) is 23.3. The lowest BCUT2D eigenvalue weighted by atomic mass is 9.91. The maximum absolute atomic E-state index is 13.3. The molecule has 5 rings (SSSR count). The van der Waals surface area contributed by atoms with Crippen molar-refractivity contribution < 1.29 is 14.4 Å². The third-order valence-corrected chi connectivity index (χ3v) is 7.09. The number of fused-ring (bicyclic) bond motifs is 1. The van der Waals surface area contributed by atoms with Crippen molar-refractivity contribution in [3.05, 3.63) is 136 Å². The fourth-order valence-electron chi connectivity index (χ4n) is 4.53. The molecule has 0 fully saturated rings. The Kier molecular flexibility index (Phi) is 8.07. The summed E-state index contributed by atoms with van der Waals surface area (Å²) in [5.41, 5.74) is 7.10. The van der Waals surface area contributed by atoms with Gasteiger partial charge in [-0.25, -0.2) is 4.68 Å². The maximum Gasteiger partial charge on any atom is 0.328 e. The zero-order valence-electron chi connectivity index (χ0n) is 21.7. The highest BCUT2D eigenvalue weighted by molar-refractivity contribution is 9.10. The van der Waals surface area contributed by atoms with Gasteiger partial charge < -0.3 is 10.6 Å². The van der Waals surface area contributed by atoms with Gasteiger partial charge >= 0.3 is 11.8 Å². The number of carbonyl (C=O) groups is 3. The van der Waals surface area contributed by atoms with Gasteiger partial charge in [0, 0.05) is 28.0 Å². The number of aromatic nitrogens is 1. The molecule has 0 aliphatic rings. The molecule has 200 valence electrons. The van der Waals surface area contributed by atoms with Crippen LogP contribution in [0, 0.1) is 6.92 Å². The standard InChI is InChI=1S/C32H27BrN4O3/c1-21-12-15-26(16-13-21)35-30(38)29-19-24-18-25(33)14-17-28(24)37(29)36-32(40)31(39)34-20-27(22-8-4-2-5-9-22)23-10-6-3-7-11-23/h2-19,27H,20H2,1H3,(H,34,39)(H,35,38)(H,36,40). The van der Waals surface area contributed by atoms with Crippen LogP contribution in [0.3, 0.4) is 0 Å². The van der Waals surface area contributed by atoms with E-state index in [1.54, 1.807) is 30.3 Å². The molecule has 5 aromatic rings. The summed E-state index contributed by atoms with van der Waals surface area (Å²) < 4.78 is 2.17. The van der Waals surface area contributed by atoms with E-state index in [2.05, 4.69) is 32.0 Å². The topological polar surface area (TPSA) is 92.2 Å². The summed E-state index contributed by atoms with van der Waals surface area (Å²) in [6.45, 7) is 2.18. The van der Waals surface area contributed by atoms with Crippen molar-refractivity contribution in [2.75, 3.05) is 17.3 Å². The molecular weight excluding hydrogens is 568 g/mol. The summed E-state index contributed by atoms with van der Waals surface area (Å²) >= 11 is 3.45.